The van der Waals surface area contributed by atoms with Crippen LogP contribution in [0.3, 0.4) is 0 Å². The molecule has 1 aromatic rings. The van der Waals surface area contributed by atoms with Crippen LogP contribution in [0, 0.1) is 5.92 Å². The number of carboxylic acid groups (broad SMARTS) is 1. The Hall–Kier alpha value is -1.40. The van der Waals surface area contributed by atoms with Gasteiger partial charge in [0.2, 0.25) is 5.91 Å². The first kappa shape index (κ1) is 17.4. The monoisotopic (exact) mass is 350 g/mol. The largest absolute Gasteiger partial charge is 0.478 e. The summed E-state index contributed by atoms with van der Waals surface area (Å²) in [5.74, 6) is -0.434. The third-order valence-electron chi connectivity index (χ3n) is 5.04. The quantitative estimate of drug-likeness (QED) is 0.873. The van der Waals surface area contributed by atoms with E-state index in [1.807, 2.05) is 0 Å². The Morgan fingerprint density at radius 2 is 1.96 bits per heavy atom. The standard InChI is InChI=1S/C18H26N2O3S/c1-12-6-7-13-14(10-12)24-17(16(13)18(22)23)19-15(21)11-20-8-4-2-3-5-9-20/h12H,2-11H2,1H3,(H,19,21)(H,22,23). The summed E-state index contributed by atoms with van der Waals surface area (Å²) >= 11 is 1.46. The summed E-state index contributed by atoms with van der Waals surface area (Å²) in [5.41, 5.74) is 1.27. The molecule has 1 saturated heterocycles. The molecule has 2 heterocycles. The molecule has 1 fully saturated rings. The Morgan fingerprint density at radius 1 is 1.25 bits per heavy atom. The van der Waals surface area contributed by atoms with Crippen molar-refractivity contribution < 1.29 is 14.7 Å². The average Bonchev–Trinajstić information content (AvgIpc) is 2.68. The van der Waals surface area contributed by atoms with E-state index in [9.17, 15) is 14.7 Å². The molecule has 0 aromatic carbocycles. The van der Waals surface area contributed by atoms with E-state index in [2.05, 4.69) is 17.1 Å². The van der Waals surface area contributed by atoms with Crippen LogP contribution in [0.1, 0.15) is 59.8 Å². The molecule has 5 nitrogen and oxygen atoms in total. The molecule has 3 rings (SSSR count). The van der Waals surface area contributed by atoms with Gasteiger partial charge in [0, 0.05) is 4.88 Å². The van der Waals surface area contributed by atoms with Crippen molar-refractivity contribution in [1.82, 2.24) is 4.90 Å². The average molecular weight is 350 g/mol. The highest BCUT2D eigenvalue weighted by Crippen LogP contribution is 2.39. The lowest BCUT2D eigenvalue weighted by Crippen LogP contribution is -2.34. The molecule has 2 aliphatic rings. The highest BCUT2D eigenvalue weighted by molar-refractivity contribution is 7.17. The summed E-state index contributed by atoms with van der Waals surface area (Å²) in [4.78, 5) is 27.4. The SMILES string of the molecule is CC1CCc2c(sc(NC(=O)CN3CCCCCC3)c2C(=O)O)C1. The summed E-state index contributed by atoms with van der Waals surface area (Å²) in [6, 6.07) is 0. The molecule has 1 unspecified atom stereocenters. The third kappa shape index (κ3) is 3.98. The van der Waals surface area contributed by atoms with Gasteiger partial charge in [-0.15, -0.1) is 11.3 Å². The molecule has 1 amide bonds. The van der Waals surface area contributed by atoms with Crippen LogP contribution >= 0.6 is 11.3 Å². The summed E-state index contributed by atoms with van der Waals surface area (Å²) in [6.07, 6.45) is 7.48. The normalized spacial score (nSPS) is 21.8. The van der Waals surface area contributed by atoms with E-state index < -0.39 is 5.97 Å². The van der Waals surface area contributed by atoms with Gasteiger partial charge >= 0.3 is 5.97 Å². The number of aromatic carboxylic acids is 1. The van der Waals surface area contributed by atoms with E-state index in [1.54, 1.807) is 0 Å². The van der Waals surface area contributed by atoms with Gasteiger partial charge in [-0.25, -0.2) is 4.79 Å². The van der Waals surface area contributed by atoms with Gasteiger partial charge in [-0.3, -0.25) is 9.69 Å². The minimum atomic E-state index is -0.924. The summed E-state index contributed by atoms with van der Waals surface area (Å²) in [6.45, 7) is 4.47. The summed E-state index contributed by atoms with van der Waals surface area (Å²) in [5, 5.41) is 13.0. The van der Waals surface area contributed by atoms with Crippen LogP contribution in [-0.4, -0.2) is 41.5 Å². The fourth-order valence-corrected chi connectivity index (χ4v) is 5.15. The van der Waals surface area contributed by atoms with Crippen LogP contribution in [0.25, 0.3) is 0 Å². The number of carbonyl (C=O) groups is 2. The van der Waals surface area contributed by atoms with Crippen LogP contribution < -0.4 is 5.32 Å². The van der Waals surface area contributed by atoms with Crippen molar-refractivity contribution in [2.75, 3.05) is 25.0 Å². The zero-order chi connectivity index (χ0) is 17.1. The van der Waals surface area contributed by atoms with Crippen LogP contribution in [-0.2, 0) is 17.6 Å². The third-order valence-corrected chi connectivity index (χ3v) is 6.21. The van der Waals surface area contributed by atoms with Gasteiger partial charge in [0.15, 0.2) is 0 Å². The number of nitrogens with zero attached hydrogens (tertiary/aromatic N) is 1. The molecule has 132 valence electrons. The molecule has 1 aliphatic heterocycles. The lowest BCUT2D eigenvalue weighted by Gasteiger charge is -2.18. The lowest BCUT2D eigenvalue weighted by molar-refractivity contribution is -0.117. The van der Waals surface area contributed by atoms with Crippen LogP contribution in [0.2, 0.25) is 0 Å². The second-order valence-electron chi connectivity index (χ2n) is 7.10. The van der Waals surface area contributed by atoms with E-state index in [0.717, 1.165) is 55.6 Å². The second kappa shape index (κ2) is 7.66. The maximum absolute atomic E-state index is 12.4. The van der Waals surface area contributed by atoms with Gasteiger partial charge in [-0.05, 0) is 56.7 Å². The topological polar surface area (TPSA) is 69.6 Å². The number of fused-ring (bicyclic) bond motifs is 1. The molecular weight excluding hydrogens is 324 g/mol. The molecule has 1 aliphatic carbocycles. The maximum Gasteiger partial charge on any atom is 0.339 e. The van der Waals surface area contributed by atoms with Crippen LogP contribution in [0.4, 0.5) is 5.00 Å². The van der Waals surface area contributed by atoms with Crippen molar-refractivity contribution in [3.05, 3.63) is 16.0 Å². The Bertz CT molecular complexity index is 618. The minimum Gasteiger partial charge on any atom is -0.478 e. The van der Waals surface area contributed by atoms with Gasteiger partial charge in [0.1, 0.15) is 5.00 Å². The highest BCUT2D eigenvalue weighted by Gasteiger charge is 2.28. The number of thiophene rings is 1. The van der Waals surface area contributed by atoms with Crippen molar-refractivity contribution in [1.29, 1.82) is 0 Å². The van der Waals surface area contributed by atoms with E-state index in [-0.39, 0.29) is 5.91 Å². The van der Waals surface area contributed by atoms with E-state index in [0.29, 0.717) is 23.0 Å². The second-order valence-corrected chi connectivity index (χ2v) is 8.20. The molecule has 0 radical (unpaired) electrons. The number of hydrogen-bond acceptors (Lipinski definition) is 4. The Balaban J connectivity index is 1.72. The number of hydrogen-bond donors (Lipinski definition) is 2. The molecule has 0 bridgehead atoms. The number of nitrogens with one attached hydrogen (secondary N) is 1. The van der Waals surface area contributed by atoms with Gasteiger partial charge < -0.3 is 10.4 Å². The first-order valence-electron chi connectivity index (χ1n) is 8.94. The molecular formula is C18H26N2O3S. The predicted molar refractivity (Wildman–Crippen MR) is 96.0 cm³/mol. The number of rotatable bonds is 4. The highest BCUT2D eigenvalue weighted by atomic mass is 32.1. The zero-order valence-electron chi connectivity index (χ0n) is 14.3. The number of amides is 1. The molecule has 0 spiro atoms. The molecule has 1 atom stereocenters. The Labute approximate surface area is 147 Å². The zero-order valence-corrected chi connectivity index (χ0v) is 15.1. The van der Waals surface area contributed by atoms with Crippen molar-refractivity contribution in [3.63, 3.8) is 0 Å². The molecule has 24 heavy (non-hydrogen) atoms. The van der Waals surface area contributed by atoms with E-state index in [1.165, 1.54) is 24.2 Å². The maximum atomic E-state index is 12.4. The molecule has 1 aromatic heterocycles. The van der Waals surface area contributed by atoms with Crippen molar-refractivity contribution in [3.8, 4) is 0 Å². The number of carbonyl (C=O) groups excluding carboxylic acids is 1. The first-order valence-corrected chi connectivity index (χ1v) is 9.76. The Kier molecular flexibility index (Phi) is 5.56. The number of anilines is 1. The fourth-order valence-electron chi connectivity index (χ4n) is 3.73. The van der Waals surface area contributed by atoms with E-state index >= 15 is 0 Å². The molecule has 6 heteroatoms. The predicted octanol–water partition coefficient (Wildman–Crippen LogP) is 3.39. The van der Waals surface area contributed by atoms with Crippen molar-refractivity contribution in [2.24, 2.45) is 5.92 Å². The van der Waals surface area contributed by atoms with Crippen LogP contribution in [0.5, 0.6) is 0 Å². The summed E-state index contributed by atoms with van der Waals surface area (Å²) < 4.78 is 0. The van der Waals surface area contributed by atoms with Gasteiger partial charge in [-0.1, -0.05) is 19.8 Å². The number of likely N-dealkylation sites (tertiary alicyclic amines) is 1. The fraction of sp³-hybridized carbons (Fsp3) is 0.667. The van der Waals surface area contributed by atoms with Gasteiger partial charge in [0.05, 0.1) is 12.1 Å². The van der Waals surface area contributed by atoms with Crippen molar-refractivity contribution >= 4 is 28.2 Å². The Morgan fingerprint density at radius 3 is 2.62 bits per heavy atom. The number of carboxylic acids is 1. The lowest BCUT2D eigenvalue weighted by atomic mass is 9.88. The van der Waals surface area contributed by atoms with Crippen molar-refractivity contribution in [2.45, 2.75) is 51.9 Å². The molecule has 2 N–H and O–H groups in total. The smallest absolute Gasteiger partial charge is 0.339 e. The first-order chi connectivity index (χ1) is 11.5. The summed E-state index contributed by atoms with van der Waals surface area (Å²) in [7, 11) is 0. The molecule has 0 saturated carbocycles. The van der Waals surface area contributed by atoms with E-state index in [4.69, 9.17) is 0 Å². The van der Waals surface area contributed by atoms with Gasteiger partial charge in [-0.2, -0.15) is 0 Å². The minimum absolute atomic E-state index is 0.0916. The van der Waals surface area contributed by atoms with Gasteiger partial charge in [0.25, 0.3) is 0 Å². The van der Waals surface area contributed by atoms with Crippen LogP contribution in [0.15, 0.2) is 0 Å².